The SMILES string of the molecule is CCCN(C1CCNCC1)S(=O)(=O)c1ccc(F)cc1Cl. The highest BCUT2D eigenvalue weighted by Crippen LogP contribution is 2.28. The highest BCUT2D eigenvalue weighted by molar-refractivity contribution is 7.89. The summed E-state index contributed by atoms with van der Waals surface area (Å²) in [6.45, 7) is 3.99. The number of halogens is 2. The molecule has 1 aliphatic rings. The van der Waals surface area contributed by atoms with Crippen molar-refractivity contribution in [2.24, 2.45) is 0 Å². The number of hydrogen-bond acceptors (Lipinski definition) is 3. The predicted molar refractivity (Wildman–Crippen MR) is 81.5 cm³/mol. The van der Waals surface area contributed by atoms with Crippen molar-refractivity contribution in [2.45, 2.75) is 37.1 Å². The van der Waals surface area contributed by atoms with Crippen LogP contribution in [0.25, 0.3) is 0 Å². The second-order valence-corrected chi connectivity index (χ2v) is 7.44. The van der Waals surface area contributed by atoms with Crippen LogP contribution in [0.1, 0.15) is 26.2 Å². The fourth-order valence-corrected chi connectivity index (χ4v) is 4.91. The summed E-state index contributed by atoms with van der Waals surface area (Å²) in [5, 5.41) is 3.16. The molecule has 7 heteroatoms. The second-order valence-electron chi connectivity index (χ2n) is 5.17. The van der Waals surface area contributed by atoms with Gasteiger partial charge in [-0.25, -0.2) is 12.8 Å². The first kappa shape index (κ1) is 16.7. The van der Waals surface area contributed by atoms with Crippen LogP contribution >= 0.6 is 11.6 Å². The van der Waals surface area contributed by atoms with Gasteiger partial charge in [0, 0.05) is 12.6 Å². The molecule has 1 fully saturated rings. The summed E-state index contributed by atoms with van der Waals surface area (Å²) < 4.78 is 40.4. The van der Waals surface area contributed by atoms with Crippen LogP contribution in [0, 0.1) is 5.82 Å². The van der Waals surface area contributed by atoms with Crippen molar-refractivity contribution in [1.82, 2.24) is 9.62 Å². The minimum atomic E-state index is -3.70. The van der Waals surface area contributed by atoms with Gasteiger partial charge in [-0.2, -0.15) is 4.31 Å². The molecule has 0 unspecified atom stereocenters. The maximum absolute atomic E-state index is 13.1. The third-order valence-corrected chi connectivity index (χ3v) is 6.08. The summed E-state index contributed by atoms with van der Waals surface area (Å²) in [6, 6.07) is 3.39. The Kier molecular flexibility index (Phi) is 5.60. The van der Waals surface area contributed by atoms with E-state index in [9.17, 15) is 12.8 Å². The van der Waals surface area contributed by atoms with Gasteiger partial charge in [0.1, 0.15) is 10.7 Å². The Balaban J connectivity index is 2.36. The standard InChI is InChI=1S/C14H20ClFN2O2S/c1-2-9-18(12-5-7-17-8-6-12)21(19,20)14-4-3-11(16)10-13(14)15/h3-4,10,12,17H,2,5-9H2,1H3. The average Bonchev–Trinajstić information content (AvgIpc) is 2.45. The lowest BCUT2D eigenvalue weighted by molar-refractivity contribution is 0.262. The fraction of sp³-hybridized carbons (Fsp3) is 0.571. The number of hydrogen-bond donors (Lipinski definition) is 1. The van der Waals surface area contributed by atoms with Crippen LogP contribution in [0.15, 0.2) is 23.1 Å². The molecule has 1 aromatic carbocycles. The number of nitrogens with one attached hydrogen (secondary N) is 1. The Labute approximate surface area is 130 Å². The average molecular weight is 335 g/mol. The summed E-state index contributed by atoms with van der Waals surface area (Å²) in [5.41, 5.74) is 0. The van der Waals surface area contributed by atoms with Crippen molar-refractivity contribution in [1.29, 1.82) is 0 Å². The molecule has 21 heavy (non-hydrogen) atoms. The zero-order chi connectivity index (χ0) is 15.5. The molecule has 1 heterocycles. The number of benzene rings is 1. The highest BCUT2D eigenvalue weighted by atomic mass is 35.5. The number of nitrogens with zero attached hydrogens (tertiary/aromatic N) is 1. The zero-order valence-corrected chi connectivity index (χ0v) is 13.6. The van der Waals surface area contributed by atoms with E-state index in [2.05, 4.69) is 5.32 Å². The quantitative estimate of drug-likeness (QED) is 0.900. The van der Waals surface area contributed by atoms with E-state index in [1.54, 1.807) is 0 Å². The van der Waals surface area contributed by atoms with Crippen molar-refractivity contribution in [3.05, 3.63) is 29.0 Å². The van der Waals surface area contributed by atoms with E-state index >= 15 is 0 Å². The summed E-state index contributed by atoms with van der Waals surface area (Å²) in [4.78, 5) is -0.0162. The van der Waals surface area contributed by atoms with Gasteiger partial charge in [0.2, 0.25) is 10.0 Å². The summed E-state index contributed by atoms with van der Waals surface area (Å²) >= 11 is 5.94. The normalized spacial score (nSPS) is 17.3. The summed E-state index contributed by atoms with van der Waals surface area (Å²) in [6.07, 6.45) is 2.28. The minimum Gasteiger partial charge on any atom is -0.317 e. The molecule has 1 aromatic rings. The van der Waals surface area contributed by atoms with E-state index in [1.165, 1.54) is 10.4 Å². The third-order valence-electron chi connectivity index (χ3n) is 3.64. The topological polar surface area (TPSA) is 49.4 Å². The van der Waals surface area contributed by atoms with Gasteiger partial charge >= 0.3 is 0 Å². The van der Waals surface area contributed by atoms with E-state index in [4.69, 9.17) is 11.6 Å². The number of sulfonamides is 1. The molecule has 118 valence electrons. The van der Waals surface area contributed by atoms with Gasteiger partial charge in [0.25, 0.3) is 0 Å². The van der Waals surface area contributed by atoms with Gasteiger partial charge in [-0.1, -0.05) is 18.5 Å². The van der Waals surface area contributed by atoms with Crippen molar-refractivity contribution in [3.63, 3.8) is 0 Å². The largest absolute Gasteiger partial charge is 0.317 e. The highest BCUT2D eigenvalue weighted by Gasteiger charge is 2.33. The molecule has 4 nitrogen and oxygen atoms in total. The third kappa shape index (κ3) is 3.74. The predicted octanol–water partition coefficient (Wildman–Crippen LogP) is 2.63. The summed E-state index contributed by atoms with van der Waals surface area (Å²) in [7, 11) is -3.70. The maximum Gasteiger partial charge on any atom is 0.244 e. The van der Waals surface area contributed by atoms with E-state index < -0.39 is 15.8 Å². The molecule has 1 saturated heterocycles. The van der Waals surface area contributed by atoms with Gasteiger partial charge in [-0.15, -0.1) is 0 Å². The molecule has 0 aliphatic carbocycles. The Hall–Kier alpha value is -0.690. The van der Waals surface area contributed by atoms with Crippen molar-refractivity contribution in [3.8, 4) is 0 Å². The van der Waals surface area contributed by atoms with Gasteiger partial charge in [0.15, 0.2) is 0 Å². The van der Waals surface area contributed by atoms with Crippen LogP contribution in [0.4, 0.5) is 4.39 Å². The molecular formula is C14H20ClFN2O2S. The fourth-order valence-electron chi connectivity index (χ4n) is 2.62. The lowest BCUT2D eigenvalue weighted by Crippen LogP contribution is -2.46. The van der Waals surface area contributed by atoms with Gasteiger partial charge in [-0.3, -0.25) is 0 Å². The van der Waals surface area contributed by atoms with Gasteiger partial charge < -0.3 is 5.32 Å². The van der Waals surface area contributed by atoms with Crippen LogP contribution in [0.3, 0.4) is 0 Å². The van der Waals surface area contributed by atoms with E-state index in [1.807, 2.05) is 6.92 Å². The zero-order valence-electron chi connectivity index (χ0n) is 12.0. The Bertz CT molecular complexity index is 589. The number of rotatable bonds is 5. The first-order valence-corrected chi connectivity index (χ1v) is 8.96. The molecule has 0 atom stereocenters. The van der Waals surface area contributed by atoms with E-state index in [0.29, 0.717) is 6.54 Å². The molecule has 0 aromatic heterocycles. The monoisotopic (exact) mass is 334 g/mol. The maximum atomic E-state index is 13.1. The van der Waals surface area contributed by atoms with Crippen molar-refractivity contribution in [2.75, 3.05) is 19.6 Å². The Morgan fingerprint density at radius 3 is 2.62 bits per heavy atom. The number of piperidine rings is 1. The van der Waals surface area contributed by atoms with Crippen LogP contribution in [0.2, 0.25) is 5.02 Å². The van der Waals surface area contributed by atoms with E-state index in [0.717, 1.165) is 44.5 Å². The Morgan fingerprint density at radius 1 is 1.38 bits per heavy atom. The molecule has 2 rings (SSSR count). The molecular weight excluding hydrogens is 315 g/mol. The first-order chi connectivity index (χ1) is 9.96. The lowest BCUT2D eigenvalue weighted by Gasteiger charge is -2.33. The first-order valence-electron chi connectivity index (χ1n) is 7.14. The molecule has 0 radical (unpaired) electrons. The van der Waals surface area contributed by atoms with Crippen LogP contribution in [0.5, 0.6) is 0 Å². The molecule has 0 bridgehead atoms. The van der Waals surface area contributed by atoms with Crippen LogP contribution in [-0.4, -0.2) is 38.4 Å². The molecule has 0 amide bonds. The molecule has 0 saturated carbocycles. The molecule has 1 N–H and O–H groups in total. The Morgan fingerprint density at radius 2 is 2.05 bits per heavy atom. The van der Waals surface area contributed by atoms with Crippen LogP contribution < -0.4 is 5.32 Å². The minimum absolute atomic E-state index is 0.0162. The van der Waals surface area contributed by atoms with Crippen molar-refractivity contribution < 1.29 is 12.8 Å². The van der Waals surface area contributed by atoms with Crippen LogP contribution in [-0.2, 0) is 10.0 Å². The second kappa shape index (κ2) is 7.05. The van der Waals surface area contributed by atoms with Crippen molar-refractivity contribution >= 4 is 21.6 Å². The van der Waals surface area contributed by atoms with E-state index in [-0.39, 0.29) is 16.0 Å². The molecule has 0 spiro atoms. The molecule has 1 aliphatic heterocycles. The smallest absolute Gasteiger partial charge is 0.244 e. The van der Waals surface area contributed by atoms with Gasteiger partial charge in [0.05, 0.1) is 5.02 Å². The van der Waals surface area contributed by atoms with Gasteiger partial charge in [-0.05, 0) is 50.6 Å². The summed E-state index contributed by atoms with van der Waals surface area (Å²) in [5.74, 6) is -0.539. The lowest BCUT2D eigenvalue weighted by atomic mass is 10.1.